The third-order valence-electron chi connectivity index (χ3n) is 3.75. The van der Waals surface area contributed by atoms with E-state index in [2.05, 4.69) is 5.32 Å². The molecule has 0 saturated carbocycles. The van der Waals surface area contributed by atoms with Crippen LogP contribution in [0, 0.1) is 6.92 Å². The van der Waals surface area contributed by atoms with Crippen LogP contribution in [0.2, 0.25) is 0 Å². The number of hydrogen-bond acceptors (Lipinski definition) is 3. The molecule has 1 aromatic rings. The topological polar surface area (TPSA) is 61.8 Å². The van der Waals surface area contributed by atoms with Crippen molar-refractivity contribution in [3.8, 4) is 5.75 Å². The van der Waals surface area contributed by atoms with Crippen LogP contribution in [-0.2, 0) is 0 Å². The first kappa shape index (κ1) is 15.6. The molecule has 0 radical (unpaired) electrons. The zero-order valence-electron chi connectivity index (χ0n) is 12.7. The summed E-state index contributed by atoms with van der Waals surface area (Å²) < 4.78 is 5.75. The molecule has 21 heavy (non-hydrogen) atoms. The van der Waals surface area contributed by atoms with Gasteiger partial charge in [-0.05, 0) is 38.8 Å². The van der Waals surface area contributed by atoms with E-state index in [0.717, 1.165) is 18.6 Å². The molecule has 5 heteroatoms. The Morgan fingerprint density at radius 2 is 2.19 bits per heavy atom. The molecule has 2 atom stereocenters. The SMILES string of the molecule is Cc1ccc(OC(C)CNC(=O)N2CCC[C@H]2CO)cc1. The van der Waals surface area contributed by atoms with Crippen molar-refractivity contribution in [1.29, 1.82) is 0 Å². The minimum atomic E-state index is -0.120. The van der Waals surface area contributed by atoms with Gasteiger partial charge in [0.25, 0.3) is 0 Å². The number of benzene rings is 1. The number of hydrogen-bond donors (Lipinski definition) is 2. The fourth-order valence-corrected chi connectivity index (χ4v) is 2.52. The van der Waals surface area contributed by atoms with Gasteiger partial charge in [0.1, 0.15) is 11.9 Å². The molecule has 2 rings (SSSR count). The van der Waals surface area contributed by atoms with Gasteiger partial charge in [-0.2, -0.15) is 0 Å². The quantitative estimate of drug-likeness (QED) is 0.871. The second kappa shape index (κ2) is 7.31. The van der Waals surface area contributed by atoms with Gasteiger partial charge < -0.3 is 20.1 Å². The standard InChI is InChI=1S/C16H24N2O3/c1-12-5-7-15(8-6-12)21-13(2)10-17-16(20)18-9-3-4-14(18)11-19/h5-8,13-14,19H,3-4,9-11H2,1-2H3,(H,17,20)/t13?,14-/m0/s1. The third kappa shape index (κ3) is 4.36. The summed E-state index contributed by atoms with van der Waals surface area (Å²) in [5, 5.41) is 12.1. The van der Waals surface area contributed by atoms with E-state index in [-0.39, 0.29) is 24.8 Å². The van der Waals surface area contributed by atoms with Crippen molar-refractivity contribution in [2.24, 2.45) is 0 Å². The van der Waals surface area contributed by atoms with E-state index < -0.39 is 0 Å². The Kier molecular flexibility index (Phi) is 5.44. The molecule has 0 aromatic heterocycles. The first-order valence-electron chi connectivity index (χ1n) is 7.49. The van der Waals surface area contributed by atoms with Crippen LogP contribution in [0.3, 0.4) is 0 Å². The molecule has 1 fully saturated rings. The Morgan fingerprint density at radius 3 is 2.86 bits per heavy atom. The Morgan fingerprint density at radius 1 is 1.48 bits per heavy atom. The number of ether oxygens (including phenoxy) is 1. The number of likely N-dealkylation sites (tertiary alicyclic amines) is 1. The summed E-state index contributed by atoms with van der Waals surface area (Å²) in [6.45, 7) is 5.14. The predicted molar refractivity (Wildman–Crippen MR) is 81.5 cm³/mol. The van der Waals surface area contributed by atoms with Crippen LogP contribution in [0.25, 0.3) is 0 Å². The molecule has 1 aliphatic rings. The summed E-state index contributed by atoms with van der Waals surface area (Å²) in [7, 11) is 0. The number of rotatable bonds is 5. The van der Waals surface area contributed by atoms with E-state index in [4.69, 9.17) is 4.74 Å². The van der Waals surface area contributed by atoms with E-state index >= 15 is 0 Å². The average molecular weight is 292 g/mol. The Balaban J connectivity index is 1.77. The number of carbonyl (C=O) groups excluding carboxylic acids is 1. The van der Waals surface area contributed by atoms with Crippen LogP contribution in [0.4, 0.5) is 4.79 Å². The van der Waals surface area contributed by atoms with Gasteiger partial charge in [-0.1, -0.05) is 17.7 Å². The minimum Gasteiger partial charge on any atom is -0.489 e. The number of aryl methyl sites for hydroxylation is 1. The molecule has 5 nitrogen and oxygen atoms in total. The van der Waals surface area contributed by atoms with Crippen molar-refractivity contribution < 1.29 is 14.6 Å². The fourth-order valence-electron chi connectivity index (χ4n) is 2.52. The first-order chi connectivity index (χ1) is 10.1. The van der Waals surface area contributed by atoms with Gasteiger partial charge in [0.15, 0.2) is 0 Å². The van der Waals surface area contributed by atoms with Crippen LogP contribution in [0.5, 0.6) is 5.75 Å². The predicted octanol–water partition coefficient (Wildman–Crippen LogP) is 1.93. The highest BCUT2D eigenvalue weighted by molar-refractivity contribution is 5.74. The number of amides is 2. The van der Waals surface area contributed by atoms with Gasteiger partial charge in [0, 0.05) is 6.54 Å². The Hall–Kier alpha value is -1.75. The van der Waals surface area contributed by atoms with Crippen LogP contribution in [0.15, 0.2) is 24.3 Å². The lowest BCUT2D eigenvalue weighted by atomic mass is 10.2. The fraction of sp³-hybridized carbons (Fsp3) is 0.562. The second-order valence-electron chi connectivity index (χ2n) is 5.60. The van der Waals surface area contributed by atoms with Gasteiger partial charge in [0.05, 0.1) is 19.2 Å². The molecular weight excluding hydrogens is 268 g/mol. The molecule has 0 aliphatic carbocycles. The smallest absolute Gasteiger partial charge is 0.317 e. The maximum Gasteiger partial charge on any atom is 0.317 e. The number of carbonyl (C=O) groups is 1. The summed E-state index contributed by atoms with van der Waals surface area (Å²) >= 11 is 0. The Bertz CT molecular complexity index is 461. The van der Waals surface area contributed by atoms with E-state index in [0.29, 0.717) is 13.1 Å². The molecule has 1 saturated heterocycles. The molecule has 2 amide bonds. The monoisotopic (exact) mass is 292 g/mol. The molecule has 1 aromatic carbocycles. The Labute approximate surface area is 125 Å². The summed E-state index contributed by atoms with van der Waals surface area (Å²) in [6.07, 6.45) is 1.72. The zero-order valence-corrected chi connectivity index (χ0v) is 12.7. The number of urea groups is 1. The maximum absolute atomic E-state index is 12.1. The van der Waals surface area contributed by atoms with Crippen LogP contribution >= 0.6 is 0 Å². The van der Waals surface area contributed by atoms with Gasteiger partial charge in [-0.15, -0.1) is 0 Å². The summed E-state index contributed by atoms with van der Waals surface area (Å²) in [4.78, 5) is 13.8. The number of aliphatic hydroxyl groups is 1. The van der Waals surface area contributed by atoms with Crippen LogP contribution in [0.1, 0.15) is 25.3 Å². The van der Waals surface area contributed by atoms with Crippen molar-refractivity contribution in [1.82, 2.24) is 10.2 Å². The van der Waals surface area contributed by atoms with Crippen molar-refractivity contribution in [2.75, 3.05) is 19.7 Å². The lowest BCUT2D eigenvalue weighted by Crippen LogP contribution is -2.46. The normalized spacial score (nSPS) is 19.4. The van der Waals surface area contributed by atoms with Crippen molar-refractivity contribution in [3.63, 3.8) is 0 Å². The lowest BCUT2D eigenvalue weighted by Gasteiger charge is -2.24. The van der Waals surface area contributed by atoms with E-state index in [1.165, 1.54) is 5.56 Å². The number of nitrogens with one attached hydrogen (secondary N) is 1. The molecular formula is C16H24N2O3. The molecule has 116 valence electrons. The van der Waals surface area contributed by atoms with Crippen LogP contribution < -0.4 is 10.1 Å². The minimum absolute atomic E-state index is 0.0306. The summed E-state index contributed by atoms with van der Waals surface area (Å²) in [5.41, 5.74) is 1.19. The molecule has 0 spiro atoms. The summed E-state index contributed by atoms with van der Waals surface area (Å²) in [5.74, 6) is 0.803. The average Bonchev–Trinajstić information content (AvgIpc) is 2.96. The van der Waals surface area contributed by atoms with Gasteiger partial charge in [-0.3, -0.25) is 0 Å². The van der Waals surface area contributed by atoms with Gasteiger partial charge in [0.2, 0.25) is 0 Å². The number of nitrogens with zero attached hydrogens (tertiary/aromatic N) is 1. The van der Waals surface area contributed by atoms with E-state index in [1.807, 2.05) is 38.1 Å². The molecule has 1 aliphatic heterocycles. The van der Waals surface area contributed by atoms with E-state index in [9.17, 15) is 9.90 Å². The van der Waals surface area contributed by atoms with Crippen LogP contribution in [-0.4, -0.2) is 47.9 Å². The highest BCUT2D eigenvalue weighted by Gasteiger charge is 2.27. The molecule has 0 bridgehead atoms. The first-order valence-corrected chi connectivity index (χ1v) is 7.49. The van der Waals surface area contributed by atoms with Crippen molar-refractivity contribution in [2.45, 2.75) is 38.8 Å². The molecule has 1 heterocycles. The van der Waals surface area contributed by atoms with Crippen molar-refractivity contribution >= 4 is 6.03 Å². The second-order valence-corrected chi connectivity index (χ2v) is 5.60. The van der Waals surface area contributed by atoms with Crippen molar-refractivity contribution in [3.05, 3.63) is 29.8 Å². The van der Waals surface area contributed by atoms with E-state index in [1.54, 1.807) is 4.90 Å². The summed E-state index contributed by atoms with van der Waals surface area (Å²) in [6, 6.07) is 7.68. The highest BCUT2D eigenvalue weighted by Crippen LogP contribution is 2.16. The lowest BCUT2D eigenvalue weighted by molar-refractivity contribution is 0.151. The molecule has 2 N–H and O–H groups in total. The number of aliphatic hydroxyl groups excluding tert-OH is 1. The van der Waals surface area contributed by atoms with Gasteiger partial charge in [-0.25, -0.2) is 4.79 Å². The zero-order chi connectivity index (χ0) is 15.2. The largest absolute Gasteiger partial charge is 0.489 e. The highest BCUT2D eigenvalue weighted by atomic mass is 16.5. The maximum atomic E-state index is 12.1. The third-order valence-corrected chi connectivity index (χ3v) is 3.75. The van der Waals surface area contributed by atoms with Gasteiger partial charge >= 0.3 is 6.03 Å². The molecule has 1 unspecified atom stereocenters.